The van der Waals surface area contributed by atoms with Crippen LogP contribution in [0.4, 0.5) is 5.82 Å². The van der Waals surface area contributed by atoms with Crippen LogP contribution in [-0.2, 0) is 11.2 Å². The molecular formula is C26H26N6O3. The summed E-state index contributed by atoms with van der Waals surface area (Å²) < 4.78 is 11.2. The number of anilines is 1. The molecule has 0 bridgehead atoms. The molecule has 0 aliphatic carbocycles. The Bertz CT molecular complexity index is 1320. The highest BCUT2D eigenvalue weighted by Gasteiger charge is 2.17. The Morgan fingerprint density at radius 3 is 2.89 bits per heavy atom. The number of benzene rings is 1. The molecule has 1 aliphatic rings. The van der Waals surface area contributed by atoms with E-state index in [-0.39, 0.29) is 12.0 Å². The van der Waals surface area contributed by atoms with Gasteiger partial charge in [0.15, 0.2) is 0 Å². The smallest absolute Gasteiger partial charge is 0.251 e. The third-order valence-electron chi connectivity index (χ3n) is 5.90. The van der Waals surface area contributed by atoms with Crippen molar-refractivity contribution in [1.82, 2.24) is 25.3 Å². The van der Waals surface area contributed by atoms with Crippen molar-refractivity contribution in [1.29, 1.82) is 0 Å². The van der Waals surface area contributed by atoms with Crippen molar-refractivity contribution >= 4 is 22.6 Å². The predicted octanol–water partition coefficient (Wildman–Crippen LogP) is 3.27. The van der Waals surface area contributed by atoms with Crippen LogP contribution in [0.1, 0.15) is 22.3 Å². The second-order valence-corrected chi connectivity index (χ2v) is 8.20. The highest BCUT2D eigenvalue weighted by Crippen LogP contribution is 2.23. The minimum Gasteiger partial charge on any atom is -0.472 e. The standard InChI is InChI=1S/C26H26N6O3/c1-27-26(33)21-8-11-29-25-17(3-2-4-20(21)25)7-10-28-23-13-22(31-16-32-23)18-5-6-24(30-14-18)35-19-9-12-34-15-19/h2-6,8,11,13-14,16,19H,7,9-10,12,15H2,1H3,(H,27,33)(H,28,31,32)/t19-/m0/s1. The summed E-state index contributed by atoms with van der Waals surface area (Å²) in [5.41, 5.74) is 4.16. The molecule has 1 aliphatic heterocycles. The van der Waals surface area contributed by atoms with Crippen LogP contribution in [0.25, 0.3) is 22.2 Å². The number of amides is 1. The van der Waals surface area contributed by atoms with E-state index in [2.05, 4.69) is 30.6 Å². The summed E-state index contributed by atoms with van der Waals surface area (Å²) >= 11 is 0. The zero-order chi connectivity index (χ0) is 24.0. The summed E-state index contributed by atoms with van der Waals surface area (Å²) in [6.45, 7) is 1.98. The molecule has 4 heterocycles. The summed E-state index contributed by atoms with van der Waals surface area (Å²) in [4.78, 5) is 29.9. The molecule has 178 valence electrons. The lowest BCUT2D eigenvalue weighted by Gasteiger charge is -2.11. The molecule has 1 aromatic carbocycles. The quantitative estimate of drug-likeness (QED) is 0.404. The van der Waals surface area contributed by atoms with E-state index in [1.165, 1.54) is 6.33 Å². The zero-order valence-electron chi connectivity index (χ0n) is 19.4. The number of carbonyl (C=O) groups is 1. The number of rotatable bonds is 8. The highest BCUT2D eigenvalue weighted by atomic mass is 16.5. The Morgan fingerprint density at radius 2 is 2.09 bits per heavy atom. The van der Waals surface area contributed by atoms with E-state index in [4.69, 9.17) is 9.47 Å². The van der Waals surface area contributed by atoms with Crippen LogP contribution in [0.15, 0.2) is 61.2 Å². The van der Waals surface area contributed by atoms with E-state index < -0.39 is 0 Å². The molecule has 1 atom stereocenters. The average molecular weight is 471 g/mol. The first-order valence-electron chi connectivity index (χ1n) is 11.6. The van der Waals surface area contributed by atoms with Crippen LogP contribution >= 0.6 is 0 Å². The average Bonchev–Trinajstić information content (AvgIpc) is 3.42. The highest BCUT2D eigenvalue weighted by molar-refractivity contribution is 6.06. The molecule has 0 spiro atoms. The minimum absolute atomic E-state index is 0.0653. The second kappa shape index (κ2) is 10.4. The molecule has 1 saturated heterocycles. The molecule has 4 aromatic rings. The van der Waals surface area contributed by atoms with Gasteiger partial charge in [0.25, 0.3) is 5.91 Å². The van der Waals surface area contributed by atoms with Crippen molar-refractivity contribution in [2.45, 2.75) is 18.9 Å². The predicted molar refractivity (Wildman–Crippen MR) is 132 cm³/mol. The maximum absolute atomic E-state index is 12.2. The fraction of sp³-hybridized carbons (Fsp3) is 0.269. The number of carbonyl (C=O) groups excluding carboxylic acids is 1. The first-order chi connectivity index (χ1) is 17.2. The van der Waals surface area contributed by atoms with Crippen LogP contribution in [0.3, 0.4) is 0 Å². The van der Waals surface area contributed by atoms with Crippen LogP contribution in [-0.4, -0.2) is 58.8 Å². The van der Waals surface area contributed by atoms with Crippen molar-refractivity contribution in [2.75, 3.05) is 32.1 Å². The Morgan fingerprint density at radius 1 is 1.14 bits per heavy atom. The van der Waals surface area contributed by atoms with E-state index in [1.807, 2.05) is 36.4 Å². The zero-order valence-corrected chi connectivity index (χ0v) is 19.4. The van der Waals surface area contributed by atoms with Gasteiger partial charge in [-0.15, -0.1) is 0 Å². The number of aromatic nitrogens is 4. The molecule has 35 heavy (non-hydrogen) atoms. The Hall–Kier alpha value is -4.11. The van der Waals surface area contributed by atoms with Gasteiger partial charge < -0.3 is 20.1 Å². The molecule has 3 aromatic heterocycles. The summed E-state index contributed by atoms with van der Waals surface area (Å²) in [7, 11) is 1.63. The van der Waals surface area contributed by atoms with E-state index >= 15 is 0 Å². The molecule has 0 unspecified atom stereocenters. The van der Waals surface area contributed by atoms with E-state index in [9.17, 15) is 4.79 Å². The van der Waals surface area contributed by atoms with E-state index in [0.29, 0.717) is 24.6 Å². The summed E-state index contributed by atoms with van der Waals surface area (Å²) in [5.74, 6) is 1.18. The van der Waals surface area contributed by atoms with Gasteiger partial charge in [0.2, 0.25) is 5.88 Å². The normalized spacial score (nSPS) is 15.2. The van der Waals surface area contributed by atoms with Gasteiger partial charge >= 0.3 is 0 Å². The van der Waals surface area contributed by atoms with Crippen LogP contribution in [0, 0.1) is 0 Å². The van der Waals surface area contributed by atoms with Gasteiger partial charge in [-0.2, -0.15) is 0 Å². The fourth-order valence-corrected chi connectivity index (χ4v) is 4.09. The molecule has 1 fully saturated rings. The number of nitrogens with zero attached hydrogens (tertiary/aromatic N) is 4. The van der Waals surface area contributed by atoms with Gasteiger partial charge in [0, 0.05) is 55.5 Å². The SMILES string of the molecule is CNC(=O)c1ccnc2c(CCNc3cc(-c4ccc(O[C@H]5CCOC5)nc4)ncn3)cccc12. The van der Waals surface area contributed by atoms with Gasteiger partial charge in [-0.25, -0.2) is 15.0 Å². The summed E-state index contributed by atoms with van der Waals surface area (Å²) in [5, 5.41) is 6.89. The number of para-hydroxylation sites is 1. The molecule has 9 heteroatoms. The lowest BCUT2D eigenvalue weighted by atomic mass is 10.0. The van der Waals surface area contributed by atoms with Crippen molar-refractivity contribution in [3.8, 4) is 17.1 Å². The largest absolute Gasteiger partial charge is 0.472 e. The van der Waals surface area contributed by atoms with Crippen LogP contribution < -0.4 is 15.4 Å². The Labute approximate surface area is 203 Å². The van der Waals surface area contributed by atoms with Crippen molar-refractivity contribution in [2.24, 2.45) is 0 Å². The van der Waals surface area contributed by atoms with Gasteiger partial charge in [0.05, 0.1) is 30.0 Å². The summed E-state index contributed by atoms with van der Waals surface area (Å²) in [6.07, 6.45) is 6.63. The first kappa shape index (κ1) is 22.7. The van der Waals surface area contributed by atoms with Gasteiger partial charge in [0.1, 0.15) is 18.2 Å². The van der Waals surface area contributed by atoms with Crippen LogP contribution in [0.5, 0.6) is 5.88 Å². The van der Waals surface area contributed by atoms with Gasteiger partial charge in [-0.05, 0) is 24.1 Å². The maximum Gasteiger partial charge on any atom is 0.251 e. The van der Waals surface area contributed by atoms with Crippen LogP contribution in [0.2, 0.25) is 0 Å². The number of pyridine rings is 2. The number of fused-ring (bicyclic) bond motifs is 1. The number of nitrogens with one attached hydrogen (secondary N) is 2. The topological polar surface area (TPSA) is 111 Å². The van der Waals surface area contributed by atoms with E-state index in [1.54, 1.807) is 25.5 Å². The second-order valence-electron chi connectivity index (χ2n) is 8.20. The van der Waals surface area contributed by atoms with Crippen molar-refractivity contribution < 1.29 is 14.3 Å². The molecule has 0 saturated carbocycles. The maximum atomic E-state index is 12.2. The van der Waals surface area contributed by atoms with Gasteiger partial charge in [-0.1, -0.05) is 18.2 Å². The lowest BCUT2D eigenvalue weighted by molar-refractivity contribution is 0.0964. The number of hydrogen-bond donors (Lipinski definition) is 2. The minimum atomic E-state index is -0.122. The molecular weight excluding hydrogens is 444 g/mol. The molecule has 5 rings (SSSR count). The molecule has 9 nitrogen and oxygen atoms in total. The molecule has 1 amide bonds. The fourth-order valence-electron chi connectivity index (χ4n) is 4.09. The summed E-state index contributed by atoms with van der Waals surface area (Å²) in [6, 6.07) is 13.3. The van der Waals surface area contributed by atoms with Crippen molar-refractivity contribution in [3.05, 3.63) is 72.3 Å². The third kappa shape index (κ3) is 5.20. The molecule has 0 radical (unpaired) electrons. The Balaban J connectivity index is 1.24. The monoisotopic (exact) mass is 470 g/mol. The molecule has 2 N–H and O–H groups in total. The first-order valence-corrected chi connectivity index (χ1v) is 11.6. The van der Waals surface area contributed by atoms with E-state index in [0.717, 1.165) is 53.0 Å². The third-order valence-corrected chi connectivity index (χ3v) is 5.90. The Kier molecular flexibility index (Phi) is 6.76. The lowest BCUT2D eigenvalue weighted by Crippen LogP contribution is -2.18. The van der Waals surface area contributed by atoms with Crippen molar-refractivity contribution in [3.63, 3.8) is 0 Å². The number of hydrogen-bond acceptors (Lipinski definition) is 8. The van der Waals surface area contributed by atoms with Gasteiger partial charge in [-0.3, -0.25) is 9.78 Å². The number of ether oxygens (including phenoxy) is 2.